The topological polar surface area (TPSA) is 44.4 Å². The number of amides is 2. The van der Waals surface area contributed by atoms with E-state index < -0.39 is 0 Å². The lowest BCUT2D eigenvalue weighted by Gasteiger charge is -2.33. The molecule has 0 aromatic heterocycles. The fourth-order valence-corrected chi connectivity index (χ4v) is 3.47. The number of hydrogen-bond acceptors (Lipinski definition) is 2. The highest BCUT2D eigenvalue weighted by Gasteiger charge is 2.29. The first-order valence-corrected chi connectivity index (χ1v) is 8.75. The molecule has 0 saturated carbocycles. The monoisotopic (exact) mass is 341 g/mol. The Morgan fingerprint density at radius 2 is 1.68 bits per heavy atom. The summed E-state index contributed by atoms with van der Waals surface area (Å²) in [4.78, 5) is 14.8. The molecule has 4 nitrogen and oxygen atoms in total. The van der Waals surface area contributed by atoms with Gasteiger partial charge >= 0.3 is 6.03 Å². The molecule has 0 spiro atoms. The van der Waals surface area contributed by atoms with Gasteiger partial charge in [0, 0.05) is 11.7 Å². The van der Waals surface area contributed by atoms with Crippen molar-refractivity contribution >= 4 is 11.7 Å². The van der Waals surface area contributed by atoms with Gasteiger partial charge in [-0.15, -0.1) is 0 Å². The molecule has 1 aliphatic heterocycles. The Morgan fingerprint density at radius 1 is 1.04 bits per heavy atom. The highest BCUT2D eigenvalue weighted by atomic mass is 19.1. The molecule has 2 aromatic carbocycles. The lowest BCUT2D eigenvalue weighted by molar-refractivity contribution is 0.197. The van der Waals surface area contributed by atoms with Crippen LogP contribution >= 0.6 is 0 Å². The van der Waals surface area contributed by atoms with Crippen LogP contribution in [0.2, 0.25) is 0 Å². The van der Waals surface area contributed by atoms with Crippen molar-refractivity contribution in [3.63, 3.8) is 0 Å². The van der Waals surface area contributed by atoms with E-state index in [2.05, 4.69) is 27.7 Å². The molecule has 1 fully saturated rings. The van der Waals surface area contributed by atoms with Crippen LogP contribution in [0.15, 0.2) is 54.6 Å². The molecule has 5 heteroatoms. The Balaban J connectivity index is 1.68. The summed E-state index contributed by atoms with van der Waals surface area (Å²) in [6.07, 6.45) is 2.38. The molecule has 1 saturated heterocycles. The second-order valence-electron chi connectivity index (χ2n) is 6.49. The third-order valence-electron chi connectivity index (χ3n) is 4.61. The van der Waals surface area contributed by atoms with E-state index in [1.807, 2.05) is 25.1 Å². The normalized spacial score (nSPS) is 17.0. The van der Waals surface area contributed by atoms with Gasteiger partial charge in [-0.05, 0) is 62.7 Å². The molecule has 3 rings (SSSR count). The highest BCUT2D eigenvalue weighted by Crippen LogP contribution is 2.28. The van der Waals surface area contributed by atoms with Crippen LogP contribution in [0.25, 0.3) is 0 Å². The van der Waals surface area contributed by atoms with Gasteiger partial charge in [0.15, 0.2) is 0 Å². The van der Waals surface area contributed by atoms with E-state index in [-0.39, 0.29) is 23.9 Å². The molecule has 0 radical (unpaired) electrons. The molecule has 1 aliphatic rings. The zero-order chi connectivity index (χ0) is 17.6. The first-order valence-electron chi connectivity index (χ1n) is 8.75. The summed E-state index contributed by atoms with van der Waals surface area (Å²) in [5.41, 5.74) is 1.78. The number of rotatable bonds is 5. The van der Waals surface area contributed by atoms with Gasteiger partial charge in [0.2, 0.25) is 0 Å². The minimum atomic E-state index is -0.322. The number of anilines is 1. The van der Waals surface area contributed by atoms with Gasteiger partial charge in [-0.25, -0.2) is 9.18 Å². The number of nitrogens with zero attached hydrogens (tertiary/aromatic N) is 1. The predicted octanol–water partition coefficient (Wildman–Crippen LogP) is 4.17. The summed E-state index contributed by atoms with van der Waals surface area (Å²) in [6, 6.07) is 15.9. The molecule has 2 atom stereocenters. The molecule has 0 bridgehead atoms. The van der Waals surface area contributed by atoms with Crippen LogP contribution in [0.5, 0.6) is 0 Å². The van der Waals surface area contributed by atoms with Gasteiger partial charge < -0.3 is 10.6 Å². The Morgan fingerprint density at radius 3 is 2.32 bits per heavy atom. The van der Waals surface area contributed by atoms with Crippen molar-refractivity contribution in [1.82, 2.24) is 10.2 Å². The quantitative estimate of drug-likeness (QED) is 0.857. The summed E-state index contributed by atoms with van der Waals surface area (Å²) in [5.74, 6) is -0.322. The third kappa shape index (κ3) is 4.57. The SMILES string of the molecule is C[C@H](NC(=O)Nc1ccc(F)cc1)[C@H](c1ccccc1)N1CCCC1. The summed E-state index contributed by atoms with van der Waals surface area (Å²) < 4.78 is 13.0. The van der Waals surface area contributed by atoms with Gasteiger partial charge in [-0.1, -0.05) is 30.3 Å². The number of hydrogen-bond donors (Lipinski definition) is 2. The van der Waals surface area contributed by atoms with E-state index in [9.17, 15) is 9.18 Å². The first kappa shape index (κ1) is 17.4. The number of nitrogens with one attached hydrogen (secondary N) is 2. The minimum absolute atomic E-state index is 0.0547. The van der Waals surface area contributed by atoms with E-state index in [4.69, 9.17) is 0 Å². The van der Waals surface area contributed by atoms with Crippen LogP contribution in [-0.2, 0) is 0 Å². The maximum Gasteiger partial charge on any atom is 0.319 e. The summed E-state index contributed by atoms with van der Waals surface area (Å²) in [7, 11) is 0. The highest BCUT2D eigenvalue weighted by molar-refractivity contribution is 5.89. The van der Waals surface area contributed by atoms with Crippen LogP contribution in [0, 0.1) is 5.82 Å². The third-order valence-corrected chi connectivity index (χ3v) is 4.61. The smallest absolute Gasteiger partial charge is 0.319 e. The predicted molar refractivity (Wildman–Crippen MR) is 98.0 cm³/mol. The standard InChI is InChI=1S/C20H24FN3O/c1-15(22-20(25)23-18-11-9-17(21)10-12-18)19(24-13-5-6-14-24)16-7-3-2-4-8-16/h2-4,7-12,15,19H,5-6,13-14H2,1H3,(H2,22,23,25)/t15-,19+/m0/s1. The Labute approximate surface area is 148 Å². The van der Waals surface area contributed by atoms with E-state index in [0.29, 0.717) is 5.69 Å². The Bertz CT molecular complexity index is 684. The second-order valence-corrected chi connectivity index (χ2v) is 6.49. The summed E-state index contributed by atoms with van der Waals surface area (Å²) in [6.45, 7) is 4.12. The largest absolute Gasteiger partial charge is 0.333 e. The van der Waals surface area contributed by atoms with E-state index >= 15 is 0 Å². The Kier molecular flexibility index (Phi) is 5.66. The van der Waals surface area contributed by atoms with Crippen LogP contribution in [-0.4, -0.2) is 30.1 Å². The van der Waals surface area contributed by atoms with Crippen molar-refractivity contribution in [3.8, 4) is 0 Å². The maximum atomic E-state index is 13.0. The van der Waals surface area contributed by atoms with Crippen molar-refractivity contribution in [3.05, 3.63) is 66.0 Å². The van der Waals surface area contributed by atoms with Crippen molar-refractivity contribution in [2.45, 2.75) is 31.8 Å². The number of benzene rings is 2. The fourth-order valence-electron chi connectivity index (χ4n) is 3.47. The zero-order valence-electron chi connectivity index (χ0n) is 14.4. The van der Waals surface area contributed by atoms with Gasteiger partial charge in [0.1, 0.15) is 5.82 Å². The van der Waals surface area contributed by atoms with Gasteiger partial charge in [-0.2, -0.15) is 0 Å². The number of urea groups is 1. The fraction of sp³-hybridized carbons (Fsp3) is 0.350. The van der Waals surface area contributed by atoms with Gasteiger partial charge in [0.25, 0.3) is 0 Å². The lowest BCUT2D eigenvalue weighted by atomic mass is 9.99. The molecule has 0 unspecified atom stereocenters. The molecule has 2 amide bonds. The van der Waals surface area contributed by atoms with Crippen molar-refractivity contribution in [2.24, 2.45) is 0 Å². The Hall–Kier alpha value is -2.40. The molecule has 2 N–H and O–H groups in total. The average Bonchev–Trinajstić information content (AvgIpc) is 3.12. The maximum absolute atomic E-state index is 13.0. The number of carbonyl (C=O) groups is 1. The van der Waals surface area contributed by atoms with Gasteiger partial charge in [0.05, 0.1) is 6.04 Å². The second kappa shape index (κ2) is 8.12. The average molecular weight is 341 g/mol. The minimum Gasteiger partial charge on any atom is -0.333 e. The first-order chi connectivity index (χ1) is 12.1. The van der Waals surface area contributed by atoms with Crippen molar-refractivity contribution in [2.75, 3.05) is 18.4 Å². The molecule has 132 valence electrons. The summed E-state index contributed by atoms with van der Waals surface area (Å²) in [5, 5.41) is 5.79. The molecular formula is C20H24FN3O. The van der Waals surface area contributed by atoms with Gasteiger partial charge in [-0.3, -0.25) is 4.90 Å². The van der Waals surface area contributed by atoms with Crippen LogP contribution in [0.4, 0.5) is 14.9 Å². The molecule has 0 aliphatic carbocycles. The molecular weight excluding hydrogens is 317 g/mol. The molecule has 2 aromatic rings. The van der Waals surface area contributed by atoms with Crippen molar-refractivity contribution in [1.29, 1.82) is 0 Å². The summed E-state index contributed by atoms with van der Waals surface area (Å²) >= 11 is 0. The van der Waals surface area contributed by atoms with Crippen LogP contribution in [0.3, 0.4) is 0 Å². The lowest BCUT2D eigenvalue weighted by Crippen LogP contribution is -2.45. The van der Waals surface area contributed by atoms with E-state index in [1.165, 1.54) is 30.5 Å². The number of likely N-dealkylation sites (tertiary alicyclic amines) is 1. The van der Waals surface area contributed by atoms with Crippen LogP contribution in [0.1, 0.15) is 31.4 Å². The number of carbonyl (C=O) groups excluding carboxylic acids is 1. The molecule has 25 heavy (non-hydrogen) atoms. The van der Waals surface area contributed by atoms with E-state index in [0.717, 1.165) is 13.1 Å². The zero-order valence-corrected chi connectivity index (χ0v) is 14.4. The van der Waals surface area contributed by atoms with E-state index in [1.54, 1.807) is 12.1 Å². The van der Waals surface area contributed by atoms with Crippen molar-refractivity contribution < 1.29 is 9.18 Å². The molecule has 1 heterocycles. The van der Waals surface area contributed by atoms with Crippen LogP contribution < -0.4 is 10.6 Å². The number of halogens is 1.